The molecule has 0 aliphatic rings. The Labute approximate surface area is 92.5 Å². The van der Waals surface area contributed by atoms with Gasteiger partial charge >= 0.3 is 0 Å². The third-order valence-corrected chi connectivity index (χ3v) is 1.88. The number of hydrogen-bond donors (Lipinski definition) is 2. The van der Waals surface area contributed by atoms with Crippen molar-refractivity contribution in [2.45, 2.75) is 13.3 Å². The number of hydrogen-bond acceptors (Lipinski definition) is 2. The van der Waals surface area contributed by atoms with Crippen LogP contribution in [0.15, 0.2) is 18.2 Å². The number of aryl methyl sites for hydroxylation is 1. The number of thiocarbonyl (C=S) groups is 1. The van der Waals surface area contributed by atoms with Gasteiger partial charge in [0.1, 0.15) is 5.82 Å². The van der Waals surface area contributed by atoms with Gasteiger partial charge in [-0.05, 0) is 24.6 Å². The van der Waals surface area contributed by atoms with Gasteiger partial charge < -0.3 is 11.1 Å². The number of halogens is 1. The number of carbonyl (C=O) groups is 1. The van der Waals surface area contributed by atoms with Crippen LogP contribution in [-0.4, -0.2) is 10.9 Å². The molecule has 0 bridgehead atoms. The molecule has 1 aromatic carbocycles. The van der Waals surface area contributed by atoms with Crippen LogP contribution in [0.25, 0.3) is 0 Å². The largest absolute Gasteiger partial charge is 0.393 e. The lowest BCUT2D eigenvalue weighted by molar-refractivity contribution is -0.115. The van der Waals surface area contributed by atoms with Gasteiger partial charge in [-0.15, -0.1) is 0 Å². The first-order valence-corrected chi connectivity index (χ1v) is 4.74. The van der Waals surface area contributed by atoms with E-state index >= 15 is 0 Å². The minimum Gasteiger partial charge on any atom is -0.393 e. The van der Waals surface area contributed by atoms with Crippen molar-refractivity contribution in [3.8, 4) is 0 Å². The van der Waals surface area contributed by atoms with E-state index in [1.165, 1.54) is 12.1 Å². The van der Waals surface area contributed by atoms with Crippen molar-refractivity contribution < 1.29 is 9.18 Å². The molecule has 0 saturated carbocycles. The zero-order chi connectivity index (χ0) is 11.4. The summed E-state index contributed by atoms with van der Waals surface area (Å²) in [7, 11) is 0. The lowest BCUT2D eigenvalue weighted by atomic mass is 10.2. The molecule has 3 nitrogen and oxygen atoms in total. The standard InChI is InChI=1S/C10H11FN2OS/c1-6-2-3-8(7(11)4-6)13-10(14)5-9(12)15/h2-4H,5H2,1H3,(H2,12,15)(H,13,14). The molecule has 3 N–H and O–H groups in total. The highest BCUT2D eigenvalue weighted by Gasteiger charge is 2.07. The summed E-state index contributed by atoms with van der Waals surface area (Å²) in [6.45, 7) is 1.77. The van der Waals surface area contributed by atoms with E-state index in [-0.39, 0.29) is 17.1 Å². The predicted molar refractivity (Wildman–Crippen MR) is 61.2 cm³/mol. The van der Waals surface area contributed by atoms with Crippen LogP contribution in [0.4, 0.5) is 10.1 Å². The van der Waals surface area contributed by atoms with E-state index in [0.29, 0.717) is 0 Å². The molecule has 1 amide bonds. The van der Waals surface area contributed by atoms with Crippen molar-refractivity contribution in [2.24, 2.45) is 5.73 Å². The third-order valence-electron chi connectivity index (χ3n) is 1.73. The van der Waals surface area contributed by atoms with Gasteiger partial charge in [-0.3, -0.25) is 4.79 Å². The summed E-state index contributed by atoms with van der Waals surface area (Å²) in [4.78, 5) is 11.3. The van der Waals surface area contributed by atoms with Crippen molar-refractivity contribution in [1.82, 2.24) is 0 Å². The Balaban J connectivity index is 2.72. The first-order valence-electron chi connectivity index (χ1n) is 4.33. The summed E-state index contributed by atoms with van der Waals surface area (Å²) in [5.74, 6) is -0.878. The van der Waals surface area contributed by atoms with Crippen molar-refractivity contribution in [1.29, 1.82) is 0 Å². The molecule has 0 saturated heterocycles. The molecule has 0 aromatic heterocycles. The van der Waals surface area contributed by atoms with Crippen LogP contribution in [0.3, 0.4) is 0 Å². The molecule has 1 rings (SSSR count). The fourth-order valence-electron chi connectivity index (χ4n) is 1.07. The molecule has 0 aliphatic carbocycles. The Bertz CT molecular complexity index is 406. The van der Waals surface area contributed by atoms with E-state index in [4.69, 9.17) is 5.73 Å². The molecule has 0 atom stereocenters. The van der Waals surface area contributed by atoms with Crippen molar-refractivity contribution in [3.05, 3.63) is 29.6 Å². The lowest BCUT2D eigenvalue weighted by Gasteiger charge is -2.06. The topological polar surface area (TPSA) is 55.1 Å². The van der Waals surface area contributed by atoms with E-state index in [9.17, 15) is 9.18 Å². The molecular weight excluding hydrogens is 215 g/mol. The summed E-state index contributed by atoms with van der Waals surface area (Å²) in [5.41, 5.74) is 6.12. The summed E-state index contributed by atoms with van der Waals surface area (Å²) >= 11 is 4.56. The highest BCUT2D eigenvalue weighted by molar-refractivity contribution is 7.80. The summed E-state index contributed by atoms with van der Waals surface area (Å²) < 4.78 is 13.3. The van der Waals surface area contributed by atoms with E-state index in [1.807, 2.05) is 0 Å². The summed E-state index contributed by atoms with van der Waals surface area (Å²) in [5, 5.41) is 2.39. The van der Waals surface area contributed by atoms with Gasteiger partial charge in [0.2, 0.25) is 5.91 Å². The molecule has 80 valence electrons. The Hall–Kier alpha value is -1.49. The zero-order valence-corrected chi connectivity index (χ0v) is 9.03. The fourth-order valence-corrected chi connectivity index (χ4v) is 1.21. The number of anilines is 1. The minimum absolute atomic E-state index is 0.0807. The number of nitrogens with two attached hydrogens (primary N) is 1. The van der Waals surface area contributed by atoms with E-state index in [1.54, 1.807) is 13.0 Å². The van der Waals surface area contributed by atoms with Crippen LogP contribution in [-0.2, 0) is 4.79 Å². The van der Waals surface area contributed by atoms with Crippen molar-refractivity contribution >= 4 is 28.8 Å². The Morgan fingerprint density at radius 2 is 2.27 bits per heavy atom. The molecule has 0 aliphatic heterocycles. The second-order valence-electron chi connectivity index (χ2n) is 3.17. The molecule has 0 unspecified atom stereocenters. The summed E-state index contributed by atoms with van der Waals surface area (Å²) in [6, 6.07) is 4.55. The second-order valence-corrected chi connectivity index (χ2v) is 3.70. The van der Waals surface area contributed by atoms with Gasteiger partial charge in [0.05, 0.1) is 17.1 Å². The smallest absolute Gasteiger partial charge is 0.231 e. The number of benzene rings is 1. The van der Waals surface area contributed by atoms with Crippen LogP contribution in [0.5, 0.6) is 0 Å². The van der Waals surface area contributed by atoms with Crippen molar-refractivity contribution in [3.63, 3.8) is 0 Å². The normalized spacial score (nSPS) is 9.73. The molecule has 15 heavy (non-hydrogen) atoms. The number of nitrogens with one attached hydrogen (secondary N) is 1. The van der Waals surface area contributed by atoms with E-state index in [2.05, 4.69) is 17.5 Å². The monoisotopic (exact) mass is 226 g/mol. The van der Waals surface area contributed by atoms with Gasteiger partial charge in [0.25, 0.3) is 0 Å². The van der Waals surface area contributed by atoms with Gasteiger partial charge in [-0.2, -0.15) is 0 Å². The van der Waals surface area contributed by atoms with Crippen LogP contribution in [0.2, 0.25) is 0 Å². The average molecular weight is 226 g/mol. The maximum absolute atomic E-state index is 13.3. The zero-order valence-electron chi connectivity index (χ0n) is 8.21. The predicted octanol–water partition coefficient (Wildman–Crippen LogP) is 1.75. The Morgan fingerprint density at radius 1 is 1.60 bits per heavy atom. The van der Waals surface area contributed by atoms with Gasteiger partial charge in [0, 0.05) is 0 Å². The molecule has 0 spiro atoms. The summed E-state index contributed by atoms with van der Waals surface area (Å²) in [6.07, 6.45) is -0.0807. The first kappa shape index (κ1) is 11.6. The maximum Gasteiger partial charge on any atom is 0.231 e. The highest BCUT2D eigenvalue weighted by Crippen LogP contribution is 2.15. The number of carbonyl (C=O) groups excluding carboxylic acids is 1. The highest BCUT2D eigenvalue weighted by atomic mass is 32.1. The molecule has 1 aromatic rings. The average Bonchev–Trinajstić information content (AvgIpc) is 2.08. The molecule has 5 heteroatoms. The van der Waals surface area contributed by atoms with Crippen LogP contribution in [0.1, 0.15) is 12.0 Å². The van der Waals surface area contributed by atoms with Crippen LogP contribution in [0, 0.1) is 12.7 Å². The Morgan fingerprint density at radius 3 is 2.80 bits per heavy atom. The third kappa shape index (κ3) is 3.63. The second kappa shape index (κ2) is 4.84. The maximum atomic E-state index is 13.3. The molecule has 0 radical (unpaired) electrons. The number of rotatable bonds is 3. The molecular formula is C10H11FN2OS. The van der Waals surface area contributed by atoms with E-state index in [0.717, 1.165) is 5.56 Å². The van der Waals surface area contributed by atoms with Crippen LogP contribution >= 0.6 is 12.2 Å². The molecule has 0 heterocycles. The first-order chi connectivity index (χ1) is 6.99. The number of amides is 1. The SMILES string of the molecule is Cc1ccc(NC(=O)CC(N)=S)c(F)c1. The lowest BCUT2D eigenvalue weighted by Crippen LogP contribution is -2.20. The molecule has 0 fully saturated rings. The van der Waals surface area contributed by atoms with Gasteiger partial charge in [-0.25, -0.2) is 4.39 Å². The van der Waals surface area contributed by atoms with Gasteiger partial charge in [-0.1, -0.05) is 18.3 Å². The van der Waals surface area contributed by atoms with Gasteiger partial charge in [0.15, 0.2) is 0 Å². The Kier molecular flexibility index (Phi) is 3.74. The fraction of sp³-hybridized carbons (Fsp3) is 0.200. The quantitative estimate of drug-likeness (QED) is 0.772. The van der Waals surface area contributed by atoms with E-state index < -0.39 is 11.7 Å². The van der Waals surface area contributed by atoms with Crippen molar-refractivity contribution in [2.75, 3.05) is 5.32 Å². The van der Waals surface area contributed by atoms with Crippen LogP contribution < -0.4 is 11.1 Å². The minimum atomic E-state index is -0.466.